The van der Waals surface area contributed by atoms with Gasteiger partial charge in [0.1, 0.15) is 0 Å². The Morgan fingerprint density at radius 3 is 2.41 bits per heavy atom. The van der Waals surface area contributed by atoms with Gasteiger partial charge in [0, 0.05) is 11.1 Å². The van der Waals surface area contributed by atoms with E-state index in [4.69, 9.17) is 9.47 Å². The van der Waals surface area contributed by atoms with E-state index in [2.05, 4.69) is 6.58 Å². The number of hydrogen-bond acceptors (Lipinski definition) is 4. The second-order valence-electron chi connectivity index (χ2n) is 5.09. The zero-order valence-corrected chi connectivity index (χ0v) is 12.0. The molecule has 2 aromatic rings. The van der Waals surface area contributed by atoms with Crippen LogP contribution in [0.3, 0.4) is 0 Å². The molecule has 1 unspecified atom stereocenters. The van der Waals surface area contributed by atoms with Crippen molar-refractivity contribution in [1.29, 1.82) is 0 Å². The summed E-state index contributed by atoms with van der Waals surface area (Å²) >= 11 is 0. The average Bonchev–Trinajstić information content (AvgIpc) is 2.82. The van der Waals surface area contributed by atoms with E-state index in [-0.39, 0.29) is 5.57 Å². The lowest BCUT2D eigenvalue weighted by molar-refractivity contribution is -0.189. The standard InChI is InChI=1S/C18H14O4/c1-12(2)16(19)21-18(13-8-4-3-5-9-13)15-11-7-6-10-14(15)17(20)22-18/h3-11H,1H2,2H3. The summed E-state index contributed by atoms with van der Waals surface area (Å²) in [5.74, 6) is -2.70. The second-order valence-corrected chi connectivity index (χ2v) is 5.09. The van der Waals surface area contributed by atoms with E-state index >= 15 is 0 Å². The predicted molar refractivity (Wildman–Crippen MR) is 80.0 cm³/mol. The topological polar surface area (TPSA) is 52.6 Å². The number of carbonyl (C=O) groups is 2. The molecule has 0 aromatic heterocycles. The highest BCUT2D eigenvalue weighted by Crippen LogP contribution is 2.43. The lowest BCUT2D eigenvalue weighted by atomic mass is 9.95. The van der Waals surface area contributed by atoms with Crippen LogP contribution >= 0.6 is 0 Å². The summed E-state index contributed by atoms with van der Waals surface area (Å²) in [5, 5.41) is 0. The van der Waals surface area contributed by atoms with E-state index in [1.807, 2.05) is 6.07 Å². The van der Waals surface area contributed by atoms with E-state index in [0.29, 0.717) is 16.7 Å². The Balaban J connectivity index is 2.20. The zero-order valence-electron chi connectivity index (χ0n) is 12.0. The second kappa shape index (κ2) is 5.15. The van der Waals surface area contributed by atoms with E-state index < -0.39 is 17.7 Å². The summed E-state index contributed by atoms with van der Waals surface area (Å²) in [4.78, 5) is 24.3. The van der Waals surface area contributed by atoms with Gasteiger partial charge in [-0.3, -0.25) is 0 Å². The molecule has 0 spiro atoms. The Kier molecular flexibility index (Phi) is 3.29. The third-order valence-electron chi connectivity index (χ3n) is 3.48. The maximum Gasteiger partial charge on any atom is 0.342 e. The monoisotopic (exact) mass is 294 g/mol. The summed E-state index contributed by atoms with van der Waals surface area (Å²) in [5.41, 5.74) is 1.71. The van der Waals surface area contributed by atoms with E-state index in [1.165, 1.54) is 0 Å². The maximum atomic E-state index is 12.2. The quantitative estimate of drug-likeness (QED) is 0.644. The van der Waals surface area contributed by atoms with Crippen LogP contribution in [-0.4, -0.2) is 11.9 Å². The molecule has 110 valence electrons. The number of esters is 2. The molecule has 22 heavy (non-hydrogen) atoms. The third-order valence-corrected chi connectivity index (χ3v) is 3.48. The van der Waals surface area contributed by atoms with E-state index in [9.17, 15) is 9.59 Å². The van der Waals surface area contributed by atoms with Gasteiger partial charge in [-0.1, -0.05) is 49.0 Å². The highest BCUT2D eigenvalue weighted by Gasteiger charge is 2.50. The smallest absolute Gasteiger partial charge is 0.342 e. The molecule has 1 aliphatic rings. The van der Waals surface area contributed by atoms with Crippen molar-refractivity contribution in [2.24, 2.45) is 0 Å². The molecular formula is C18H14O4. The Labute approximate surface area is 128 Å². The molecule has 0 N–H and O–H groups in total. The molecule has 0 aliphatic carbocycles. The first-order valence-corrected chi connectivity index (χ1v) is 6.82. The first kappa shape index (κ1) is 14.1. The Bertz CT molecular complexity index is 764. The molecule has 0 radical (unpaired) electrons. The van der Waals surface area contributed by atoms with Gasteiger partial charge in [-0.05, 0) is 19.1 Å². The minimum Gasteiger partial charge on any atom is -0.410 e. The van der Waals surface area contributed by atoms with Crippen molar-refractivity contribution in [1.82, 2.24) is 0 Å². The summed E-state index contributed by atoms with van der Waals surface area (Å²) < 4.78 is 11.1. The third kappa shape index (κ3) is 2.09. The van der Waals surface area contributed by atoms with Crippen molar-refractivity contribution in [2.75, 3.05) is 0 Å². The van der Waals surface area contributed by atoms with Crippen LogP contribution < -0.4 is 0 Å². The SMILES string of the molecule is C=C(C)C(=O)OC1(c2ccccc2)OC(=O)c2ccccc21. The average molecular weight is 294 g/mol. The van der Waals surface area contributed by atoms with Crippen LogP contribution in [0.15, 0.2) is 66.7 Å². The Hall–Kier alpha value is -2.88. The van der Waals surface area contributed by atoms with Gasteiger partial charge in [0.25, 0.3) is 0 Å². The highest BCUT2D eigenvalue weighted by atomic mass is 16.7. The lowest BCUT2D eigenvalue weighted by Gasteiger charge is -2.28. The minimum atomic E-state index is -1.56. The van der Waals surface area contributed by atoms with Gasteiger partial charge in [0.05, 0.1) is 11.1 Å². The minimum absolute atomic E-state index is 0.232. The number of cyclic esters (lactones) is 1. The molecule has 1 heterocycles. The van der Waals surface area contributed by atoms with Crippen LogP contribution in [0.4, 0.5) is 0 Å². The predicted octanol–water partition coefficient (Wildman–Crippen LogP) is 3.18. The fourth-order valence-electron chi connectivity index (χ4n) is 2.41. The van der Waals surface area contributed by atoms with Crippen LogP contribution in [0.25, 0.3) is 0 Å². The van der Waals surface area contributed by atoms with Gasteiger partial charge in [0.15, 0.2) is 0 Å². The largest absolute Gasteiger partial charge is 0.410 e. The molecule has 0 amide bonds. The Morgan fingerprint density at radius 2 is 1.73 bits per heavy atom. The van der Waals surface area contributed by atoms with Gasteiger partial charge in [-0.2, -0.15) is 0 Å². The van der Waals surface area contributed by atoms with Crippen molar-refractivity contribution in [3.05, 3.63) is 83.4 Å². The molecule has 0 saturated carbocycles. The molecule has 0 fully saturated rings. The number of fused-ring (bicyclic) bond motifs is 1. The number of benzene rings is 2. The van der Waals surface area contributed by atoms with E-state index in [0.717, 1.165) is 0 Å². The molecule has 2 aromatic carbocycles. The highest BCUT2D eigenvalue weighted by molar-refractivity contribution is 5.96. The lowest BCUT2D eigenvalue weighted by Crippen LogP contribution is -2.34. The van der Waals surface area contributed by atoms with Crippen molar-refractivity contribution in [3.63, 3.8) is 0 Å². The van der Waals surface area contributed by atoms with Crippen molar-refractivity contribution < 1.29 is 19.1 Å². The van der Waals surface area contributed by atoms with Crippen molar-refractivity contribution in [3.8, 4) is 0 Å². The normalized spacial score (nSPS) is 19.2. The maximum absolute atomic E-state index is 12.2. The number of carbonyl (C=O) groups excluding carboxylic acids is 2. The Morgan fingerprint density at radius 1 is 1.09 bits per heavy atom. The van der Waals surface area contributed by atoms with Crippen molar-refractivity contribution in [2.45, 2.75) is 12.7 Å². The summed E-state index contributed by atoms with van der Waals surface area (Å²) in [6, 6.07) is 15.8. The molecule has 1 aliphatic heterocycles. The molecule has 0 saturated heterocycles. The van der Waals surface area contributed by atoms with Crippen LogP contribution in [0, 0.1) is 0 Å². The fraction of sp³-hybridized carbons (Fsp3) is 0.111. The van der Waals surface area contributed by atoms with Gasteiger partial charge in [0.2, 0.25) is 0 Å². The summed E-state index contributed by atoms with van der Waals surface area (Å²) in [6.45, 7) is 5.13. The van der Waals surface area contributed by atoms with Gasteiger partial charge in [-0.25, -0.2) is 9.59 Å². The number of rotatable bonds is 3. The molecule has 3 rings (SSSR count). The van der Waals surface area contributed by atoms with Crippen LogP contribution in [-0.2, 0) is 20.1 Å². The van der Waals surface area contributed by atoms with Gasteiger partial charge < -0.3 is 9.47 Å². The molecule has 4 nitrogen and oxygen atoms in total. The number of ether oxygens (including phenoxy) is 2. The van der Waals surface area contributed by atoms with Gasteiger partial charge >= 0.3 is 17.7 Å². The van der Waals surface area contributed by atoms with Crippen LogP contribution in [0.5, 0.6) is 0 Å². The zero-order chi connectivity index (χ0) is 15.7. The number of hydrogen-bond donors (Lipinski definition) is 0. The molecule has 0 bridgehead atoms. The summed E-state index contributed by atoms with van der Waals surface area (Å²) in [6.07, 6.45) is 0. The van der Waals surface area contributed by atoms with Gasteiger partial charge in [-0.15, -0.1) is 0 Å². The van der Waals surface area contributed by atoms with E-state index in [1.54, 1.807) is 55.5 Å². The molecule has 4 heteroatoms. The molecular weight excluding hydrogens is 280 g/mol. The fourth-order valence-corrected chi connectivity index (χ4v) is 2.41. The summed E-state index contributed by atoms with van der Waals surface area (Å²) in [7, 11) is 0. The van der Waals surface area contributed by atoms with Crippen LogP contribution in [0.1, 0.15) is 28.4 Å². The van der Waals surface area contributed by atoms with Crippen LogP contribution in [0.2, 0.25) is 0 Å². The first-order valence-electron chi connectivity index (χ1n) is 6.82. The first-order chi connectivity index (χ1) is 10.5. The van der Waals surface area contributed by atoms with Crippen molar-refractivity contribution >= 4 is 11.9 Å². The molecule has 1 atom stereocenters.